The Labute approximate surface area is 154 Å². The smallest absolute Gasteiger partial charge is 0.243 e. The van der Waals surface area contributed by atoms with Crippen LogP contribution in [-0.2, 0) is 4.79 Å². The SMILES string of the molecule is CC[C@@H]1CN(CC(=O)Nc2ccc(C(C)C)cc2)c2ccccc2S1. The van der Waals surface area contributed by atoms with Crippen LogP contribution in [0.15, 0.2) is 53.4 Å². The molecule has 0 unspecified atom stereocenters. The van der Waals surface area contributed by atoms with Gasteiger partial charge in [0.2, 0.25) is 5.91 Å². The minimum Gasteiger partial charge on any atom is -0.360 e. The van der Waals surface area contributed by atoms with Crippen molar-refractivity contribution in [3.8, 4) is 0 Å². The number of hydrogen-bond acceptors (Lipinski definition) is 3. The molecule has 0 radical (unpaired) electrons. The van der Waals surface area contributed by atoms with Crippen molar-refractivity contribution < 1.29 is 4.79 Å². The molecule has 0 aromatic heterocycles. The predicted molar refractivity (Wildman–Crippen MR) is 108 cm³/mol. The Morgan fingerprint density at radius 2 is 1.92 bits per heavy atom. The Kier molecular flexibility index (Phi) is 5.69. The van der Waals surface area contributed by atoms with Gasteiger partial charge in [-0.2, -0.15) is 0 Å². The summed E-state index contributed by atoms with van der Waals surface area (Å²) in [6, 6.07) is 16.5. The summed E-state index contributed by atoms with van der Waals surface area (Å²) in [6.45, 7) is 7.85. The lowest BCUT2D eigenvalue weighted by Gasteiger charge is -2.34. The largest absolute Gasteiger partial charge is 0.360 e. The van der Waals surface area contributed by atoms with E-state index in [2.05, 4.69) is 61.3 Å². The third-order valence-corrected chi connectivity index (χ3v) is 5.99. The fourth-order valence-corrected chi connectivity index (χ4v) is 4.32. The Morgan fingerprint density at radius 3 is 2.60 bits per heavy atom. The van der Waals surface area contributed by atoms with E-state index >= 15 is 0 Å². The number of thioether (sulfide) groups is 1. The van der Waals surface area contributed by atoms with Gasteiger partial charge in [-0.05, 0) is 42.2 Å². The zero-order valence-electron chi connectivity index (χ0n) is 15.2. The molecule has 3 rings (SSSR count). The van der Waals surface area contributed by atoms with Crippen LogP contribution in [0.5, 0.6) is 0 Å². The zero-order chi connectivity index (χ0) is 17.8. The number of fused-ring (bicyclic) bond motifs is 1. The van der Waals surface area contributed by atoms with E-state index in [1.54, 1.807) is 0 Å². The summed E-state index contributed by atoms with van der Waals surface area (Å²) in [5.41, 5.74) is 3.31. The van der Waals surface area contributed by atoms with Gasteiger partial charge in [0.15, 0.2) is 0 Å². The first-order valence-electron chi connectivity index (χ1n) is 8.97. The van der Waals surface area contributed by atoms with Crippen LogP contribution in [0, 0.1) is 0 Å². The molecule has 0 spiro atoms. The summed E-state index contributed by atoms with van der Waals surface area (Å²) in [4.78, 5) is 16.0. The lowest BCUT2D eigenvalue weighted by molar-refractivity contribution is -0.115. The summed E-state index contributed by atoms with van der Waals surface area (Å²) < 4.78 is 0. The van der Waals surface area contributed by atoms with Crippen LogP contribution in [-0.4, -0.2) is 24.2 Å². The van der Waals surface area contributed by atoms with Crippen molar-refractivity contribution in [3.63, 3.8) is 0 Å². The summed E-state index contributed by atoms with van der Waals surface area (Å²) in [6.07, 6.45) is 1.10. The maximum absolute atomic E-state index is 12.5. The monoisotopic (exact) mass is 354 g/mol. The number of amides is 1. The van der Waals surface area contributed by atoms with E-state index in [1.165, 1.54) is 16.1 Å². The number of nitrogens with zero attached hydrogens (tertiary/aromatic N) is 1. The van der Waals surface area contributed by atoms with Crippen LogP contribution >= 0.6 is 11.8 Å². The first-order valence-corrected chi connectivity index (χ1v) is 9.85. The predicted octanol–water partition coefficient (Wildman–Crippen LogP) is 5.14. The number of carbonyl (C=O) groups is 1. The number of hydrogen-bond donors (Lipinski definition) is 1. The molecule has 2 aromatic carbocycles. The average molecular weight is 355 g/mol. The molecular weight excluding hydrogens is 328 g/mol. The summed E-state index contributed by atoms with van der Waals surface area (Å²) in [5.74, 6) is 0.534. The van der Waals surface area contributed by atoms with Crippen LogP contribution in [0.2, 0.25) is 0 Å². The lowest BCUT2D eigenvalue weighted by Crippen LogP contribution is -2.40. The highest BCUT2D eigenvalue weighted by molar-refractivity contribution is 8.00. The third-order valence-electron chi connectivity index (χ3n) is 4.57. The molecule has 0 bridgehead atoms. The number of anilines is 2. The molecule has 1 heterocycles. The maximum atomic E-state index is 12.5. The summed E-state index contributed by atoms with van der Waals surface area (Å²) in [7, 11) is 0. The quantitative estimate of drug-likeness (QED) is 0.807. The van der Waals surface area contributed by atoms with Crippen molar-refractivity contribution in [3.05, 3.63) is 54.1 Å². The molecule has 0 saturated heterocycles. The fourth-order valence-electron chi connectivity index (χ4n) is 3.07. The minimum atomic E-state index is 0.0360. The van der Waals surface area contributed by atoms with Crippen LogP contribution < -0.4 is 10.2 Å². The van der Waals surface area contributed by atoms with Crippen LogP contribution in [0.4, 0.5) is 11.4 Å². The molecule has 1 N–H and O–H groups in total. The van der Waals surface area contributed by atoms with Gasteiger partial charge in [-0.25, -0.2) is 0 Å². The molecule has 25 heavy (non-hydrogen) atoms. The second-order valence-corrected chi connectivity index (χ2v) is 8.16. The molecular formula is C21H26N2OS. The van der Waals surface area contributed by atoms with E-state index in [4.69, 9.17) is 0 Å². The van der Waals surface area contributed by atoms with E-state index in [9.17, 15) is 4.79 Å². The van der Waals surface area contributed by atoms with E-state index in [0.29, 0.717) is 17.7 Å². The van der Waals surface area contributed by atoms with Crippen molar-refractivity contribution in [1.29, 1.82) is 0 Å². The van der Waals surface area contributed by atoms with Gasteiger partial charge in [0.05, 0.1) is 12.2 Å². The number of para-hydroxylation sites is 1. The maximum Gasteiger partial charge on any atom is 0.243 e. The summed E-state index contributed by atoms with van der Waals surface area (Å²) >= 11 is 1.92. The first kappa shape index (κ1) is 17.9. The normalized spacial score (nSPS) is 16.6. The molecule has 1 amide bonds. The van der Waals surface area contributed by atoms with Crippen LogP contribution in [0.1, 0.15) is 38.7 Å². The molecule has 2 aromatic rings. The lowest BCUT2D eigenvalue weighted by atomic mass is 10.0. The Balaban J connectivity index is 1.68. The van der Waals surface area contributed by atoms with Gasteiger partial charge >= 0.3 is 0 Å². The van der Waals surface area contributed by atoms with Crippen molar-refractivity contribution in [1.82, 2.24) is 0 Å². The molecule has 0 saturated carbocycles. The van der Waals surface area contributed by atoms with Crippen LogP contribution in [0.3, 0.4) is 0 Å². The number of nitrogens with one attached hydrogen (secondary N) is 1. The Morgan fingerprint density at radius 1 is 1.20 bits per heavy atom. The molecule has 1 atom stereocenters. The number of benzene rings is 2. The van der Waals surface area contributed by atoms with E-state index in [-0.39, 0.29) is 5.91 Å². The van der Waals surface area contributed by atoms with Crippen LogP contribution in [0.25, 0.3) is 0 Å². The number of carbonyl (C=O) groups excluding carboxylic acids is 1. The van der Waals surface area contributed by atoms with Gasteiger partial charge in [0.1, 0.15) is 0 Å². The molecule has 0 aliphatic carbocycles. The highest BCUT2D eigenvalue weighted by Crippen LogP contribution is 2.39. The van der Waals surface area contributed by atoms with E-state index in [1.807, 2.05) is 30.0 Å². The summed E-state index contributed by atoms with van der Waals surface area (Å²) in [5, 5.41) is 3.57. The Bertz CT molecular complexity index is 727. The topological polar surface area (TPSA) is 32.3 Å². The first-order chi connectivity index (χ1) is 12.1. The van der Waals surface area contributed by atoms with Crippen molar-refractivity contribution in [2.24, 2.45) is 0 Å². The molecule has 4 heteroatoms. The van der Waals surface area contributed by atoms with Crippen molar-refractivity contribution in [2.45, 2.75) is 43.3 Å². The van der Waals surface area contributed by atoms with Gasteiger partial charge < -0.3 is 10.2 Å². The third kappa shape index (κ3) is 4.37. The highest BCUT2D eigenvalue weighted by atomic mass is 32.2. The minimum absolute atomic E-state index is 0.0360. The van der Waals surface area contributed by atoms with Gasteiger partial charge in [0, 0.05) is 22.4 Å². The fraction of sp³-hybridized carbons (Fsp3) is 0.381. The van der Waals surface area contributed by atoms with E-state index in [0.717, 1.165) is 18.7 Å². The molecule has 132 valence electrons. The molecule has 1 aliphatic heterocycles. The van der Waals surface area contributed by atoms with Gasteiger partial charge in [-0.15, -0.1) is 11.8 Å². The van der Waals surface area contributed by atoms with Gasteiger partial charge in [-0.3, -0.25) is 4.79 Å². The molecule has 3 nitrogen and oxygen atoms in total. The molecule has 0 fully saturated rings. The zero-order valence-corrected chi connectivity index (χ0v) is 16.0. The van der Waals surface area contributed by atoms with Crippen molar-refractivity contribution in [2.75, 3.05) is 23.3 Å². The second kappa shape index (κ2) is 7.96. The van der Waals surface area contributed by atoms with Crippen molar-refractivity contribution >= 4 is 29.0 Å². The molecule has 1 aliphatic rings. The van der Waals surface area contributed by atoms with E-state index < -0.39 is 0 Å². The van der Waals surface area contributed by atoms with Gasteiger partial charge in [0.25, 0.3) is 0 Å². The second-order valence-electron chi connectivity index (χ2n) is 6.82. The standard InChI is InChI=1S/C21H26N2OS/c1-4-18-13-23(19-7-5-6-8-20(19)25-18)14-21(24)22-17-11-9-16(10-12-17)15(2)3/h5-12,15,18H,4,13-14H2,1-3H3,(H,22,24)/t18-/m1/s1. The average Bonchev–Trinajstić information content (AvgIpc) is 2.62. The highest BCUT2D eigenvalue weighted by Gasteiger charge is 2.25. The van der Waals surface area contributed by atoms with Gasteiger partial charge in [-0.1, -0.05) is 45.0 Å². The Hall–Kier alpha value is -1.94. The number of rotatable bonds is 5.